The predicted octanol–water partition coefficient (Wildman–Crippen LogP) is 5.48. The van der Waals surface area contributed by atoms with Crippen LogP contribution in [0.1, 0.15) is 10.4 Å². The van der Waals surface area contributed by atoms with E-state index in [1.807, 2.05) is 12.1 Å². The Bertz CT molecular complexity index is 1260. The highest BCUT2D eigenvalue weighted by Gasteiger charge is 2.19. The summed E-state index contributed by atoms with van der Waals surface area (Å²) in [5, 5.41) is 3.20. The molecule has 144 valence electrons. The number of ether oxygens (including phenoxy) is 1. The first-order valence-electron chi connectivity index (χ1n) is 8.84. The maximum absolute atomic E-state index is 13.2. The number of rotatable bonds is 4. The van der Waals surface area contributed by atoms with Crippen molar-refractivity contribution >= 4 is 38.7 Å². The number of benzene rings is 3. The van der Waals surface area contributed by atoms with Crippen LogP contribution in [0, 0.1) is 0 Å². The van der Waals surface area contributed by atoms with Crippen LogP contribution in [0.4, 0.5) is 5.88 Å². The van der Waals surface area contributed by atoms with Crippen molar-refractivity contribution in [3.63, 3.8) is 0 Å². The molecule has 29 heavy (non-hydrogen) atoms. The number of halogens is 1. The average Bonchev–Trinajstić information content (AvgIpc) is 2.75. The summed E-state index contributed by atoms with van der Waals surface area (Å²) >= 11 is 3.40. The van der Waals surface area contributed by atoms with Crippen LogP contribution in [0.25, 0.3) is 22.1 Å². The lowest BCUT2D eigenvalue weighted by molar-refractivity contribution is 0.102. The number of carbonyl (C=O) groups excluding carboxylic acids is 1. The molecule has 1 N–H and O–H groups in total. The summed E-state index contributed by atoms with van der Waals surface area (Å²) in [5.74, 6) is 0.260. The lowest BCUT2D eigenvalue weighted by Crippen LogP contribution is -2.16. The van der Waals surface area contributed by atoms with Crippen molar-refractivity contribution in [3.8, 4) is 16.9 Å². The van der Waals surface area contributed by atoms with Crippen LogP contribution in [0.3, 0.4) is 0 Å². The zero-order valence-corrected chi connectivity index (χ0v) is 17.0. The molecule has 0 radical (unpaired) electrons. The minimum atomic E-state index is -0.402. The Balaban J connectivity index is 1.86. The summed E-state index contributed by atoms with van der Waals surface area (Å²) in [4.78, 5) is 26.0. The van der Waals surface area contributed by atoms with Crippen molar-refractivity contribution < 1.29 is 13.9 Å². The molecule has 1 aromatic heterocycles. The lowest BCUT2D eigenvalue weighted by atomic mass is 10.0. The molecule has 1 heterocycles. The molecule has 0 aliphatic carbocycles. The summed E-state index contributed by atoms with van der Waals surface area (Å²) in [6.45, 7) is 0. The molecule has 1 amide bonds. The lowest BCUT2D eigenvalue weighted by Gasteiger charge is -2.12. The molecule has 0 saturated carbocycles. The number of fused-ring (bicyclic) bond motifs is 1. The van der Waals surface area contributed by atoms with Crippen molar-refractivity contribution in [3.05, 3.63) is 93.1 Å². The van der Waals surface area contributed by atoms with Gasteiger partial charge in [0.2, 0.25) is 11.3 Å². The number of hydrogen-bond donors (Lipinski definition) is 1. The smallest absolute Gasteiger partial charge is 0.258 e. The highest BCUT2D eigenvalue weighted by atomic mass is 79.9. The minimum absolute atomic E-state index is 0.101. The summed E-state index contributed by atoms with van der Waals surface area (Å²) in [6.07, 6.45) is 0. The molecule has 4 rings (SSSR count). The van der Waals surface area contributed by atoms with E-state index < -0.39 is 5.91 Å². The Labute approximate surface area is 175 Å². The molecule has 5 nitrogen and oxygen atoms in total. The van der Waals surface area contributed by atoms with E-state index in [1.54, 1.807) is 60.7 Å². The van der Waals surface area contributed by atoms with E-state index in [9.17, 15) is 9.59 Å². The van der Waals surface area contributed by atoms with Crippen molar-refractivity contribution in [2.45, 2.75) is 0 Å². The fourth-order valence-corrected chi connectivity index (χ4v) is 3.31. The van der Waals surface area contributed by atoms with Gasteiger partial charge in [-0.1, -0.05) is 46.3 Å². The Hall–Kier alpha value is -3.38. The SMILES string of the molecule is COc1cccc(C(=O)Nc2oc3ccccc3c(=O)c2-c2ccc(Br)cc2)c1. The summed E-state index contributed by atoms with van der Waals surface area (Å²) in [6, 6.07) is 21.0. The van der Waals surface area contributed by atoms with E-state index >= 15 is 0 Å². The molecule has 4 aromatic rings. The highest BCUT2D eigenvalue weighted by Crippen LogP contribution is 2.30. The van der Waals surface area contributed by atoms with Gasteiger partial charge in [-0.05, 0) is 48.0 Å². The second-order valence-corrected chi connectivity index (χ2v) is 7.24. The first-order chi connectivity index (χ1) is 14.1. The van der Waals surface area contributed by atoms with Crippen molar-refractivity contribution in [1.82, 2.24) is 0 Å². The van der Waals surface area contributed by atoms with Gasteiger partial charge in [0, 0.05) is 10.0 Å². The number of carbonyl (C=O) groups is 1. The van der Waals surface area contributed by atoms with Gasteiger partial charge in [-0.2, -0.15) is 0 Å². The largest absolute Gasteiger partial charge is 0.497 e. The van der Waals surface area contributed by atoms with Crippen LogP contribution in [0.15, 0.2) is 86.5 Å². The van der Waals surface area contributed by atoms with Crippen LogP contribution in [-0.2, 0) is 0 Å². The Morgan fingerprint density at radius 3 is 2.52 bits per heavy atom. The molecule has 0 aliphatic heterocycles. The second-order valence-electron chi connectivity index (χ2n) is 6.32. The van der Waals surface area contributed by atoms with E-state index in [2.05, 4.69) is 21.2 Å². The molecule has 0 unspecified atom stereocenters. The number of methoxy groups -OCH3 is 1. The number of hydrogen-bond acceptors (Lipinski definition) is 4. The van der Waals surface area contributed by atoms with Gasteiger partial charge in [-0.25, -0.2) is 0 Å². The van der Waals surface area contributed by atoms with Crippen LogP contribution < -0.4 is 15.5 Å². The van der Waals surface area contributed by atoms with Gasteiger partial charge in [0.15, 0.2) is 0 Å². The Morgan fingerprint density at radius 2 is 1.76 bits per heavy atom. The predicted molar refractivity (Wildman–Crippen MR) is 117 cm³/mol. The van der Waals surface area contributed by atoms with Gasteiger partial charge < -0.3 is 9.15 Å². The van der Waals surface area contributed by atoms with Gasteiger partial charge in [-0.15, -0.1) is 0 Å². The van der Waals surface area contributed by atoms with Crippen molar-refractivity contribution in [2.24, 2.45) is 0 Å². The quantitative estimate of drug-likeness (QED) is 0.447. The first-order valence-corrected chi connectivity index (χ1v) is 9.63. The van der Waals surface area contributed by atoms with Gasteiger partial charge in [0.05, 0.1) is 18.1 Å². The van der Waals surface area contributed by atoms with Crippen molar-refractivity contribution in [2.75, 3.05) is 12.4 Å². The minimum Gasteiger partial charge on any atom is -0.497 e. The third kappa shape index (κ3) is 3.79. The molecule has 3 aromatic carbocycles. The molecule has 0 saturated heterocycles. The molecule has 6 heteroatoms. The van der Waals surface area contributed by atoms with Crippen LogP contribution in [0.5, 0.6) is 5.75 Å². The van der Waals surface area contributed by atoms with E-state index in [0.717, 1.165) is 4.47 Å². The Morgan fingerprint density at radius 1 is 1.00 bits per heavy atom. The topological polar surface area (TPSA) is 68.5 Å². The maximum atomic E-state index is 13.2. The molecular formula is C23H16BrNO4. The molecular weight excluding hydrogens is 434 g/mol. The summed E-state index contributed by atoms with van der Waals surface area (Å²) in [5.41, 5.74) is 1.53. The standard InChI is InChI=1S/C23H16BrNO4/c1-28-17-6-4-5-15(13-17)22(27)25-23-20(14-9-11-16(24)12-10-14)21(26)18-7-2-3-8-19(18)29-23/h2-13H,1H3,(H,25,27). The van der Waals surface area contributed by atoms with Gasteiger partial charge >= 0.3 is 0 Å². The monoisotopic (exact) mass is 449 g/mol. The first kappa shape index (κ1) is 19.0. The highest BCUT2D eigenvalue weighted by molar-refractivity contribution is 9.10. The van der Waals surface area contributed by atoms with Gasteiger partial charge in [0.25, 0.3) is 5.91 Å². The molecule has 0 spiro atoms. The van der Waals surface area contributed by atoms with Crippen LogP contribution >= 0.6 is 15.9 Å². The van der Waals surface area contributed by atoms with Gasteiger partial charge in [0.1, 0.15) is 11.3 Å². The number of para-hydroxylation sites is 1. The van der Waals surface area contributed by atoms with Crippen molar-refractivity contribution in [1.29, 1.82) is 0 Å². The molecule has 0 aliphatic rings. The van der Waals surface area contributed by atoms with E-state index in [0.29, 0.717) is 33.4 Å². The molecule has 0 atom stereocenters. The average molecular weight is 450 g/mol. The van der Waals surface area contributed by atoms with Crippen LogP contribution in [0.2, 0.25) is 0 Å². The summed E-state index contributed by atoms with van der Waals surface area (Å²) in [7, 11) is 1.53. The second kappa shape index (κ2) is 7.93. The summed E-state index contributed by atoms with van der Waals surface area (Å²) < 4.78 is 12.0. The molecule has 0 bridgehead atoms. The zero-order chi connectivity index (χ0) is 20.4. The zero-order valence-electron chi connectivity index (χ0n) is 15.4. The maximum Gasteiger partial charge on any atom is 0.258 e. The Kier molecular flexibility index (Phi) is 5.18. The molecule has 0 fully saturated rings. The number of anilines is 1. The van der Waals surface area contributed by atoms with E-state index in [1.165, 1.54) is 7.11 Å². The van der Waals surface area contributed by atoms with E-state index in [4.69, 9.17) is 9.15 Å². The van der Waals surface area contributed by atoms with Gasteiger partial charge in [-0.3, -0.25) is 14.9 Å². The number of nitrogens with one attached hydrogen (secondary N) is 1. The fourth-order valence-electron chi connectivity index (χ4n) is 3.05. The third-order valence-corrected chi connectivity index (χ3v) is 5.02. The fraction of sp³-hybridized carbons (Fsp3) is 0.0435. The van der Waals surface area contributed by atoms with Crippen LogP contribution in [-0.4, -0.2) is 13.0 Å². The third-order valence-electron chi connectivity index (χ3n) is 4.49. The van der Waals surface area contributed by atoms with E-state index in [-0.39, 0.29) is 11.3 Å². The normalized spacial score (nSPS) is 10.7. The number of amides is 1.